The van der Waals surface area contributed by atoms with Crippen molar-refractivity contribution < 1.29 is 4.74 Å². The molecule has 0 aromatic heterocycles. The van der Waals surface area contributed by atoms with Crippen LogP contribution < -0.4 is 0 Å². The fourth-order valence-electron chi connectivity index (χ4n) is 2.66. The van der Waals surface area contributed by atoms with Crippen LogP contribution in [0.2, 0.25) is 0 Å². The predicted octanol–water partition coefficient (Wildman–Crippen LogP) is 3.32. The van der Waals surface area contributed by atoms with E-state index in [1.807, 2.05) is 0 Å². The van der Waals surface area contributed by atoms with E-state index in [0.717, 1.165) is 0 Å². The molecule has 14 heavy (non-hydrogen) atoms. The van der Waals surface area contributed by atoms with Crippen molar-refractivity contribution >= 4 is 0 Å². The summed E-state index contributed by atoms with van der Waals surface area (Å²) in [5.74, 6) is 1.31. The molecule has 0 bridgehead atoms. The first kappa shape index (κ1) is 9.97. The van der Waals surface area contributed by atoms with Crippen LogP contribution in [0.5, 0.6) is 0 Å². The van der Waals surface area contributed by atoms with Gasteiger partial charge >= 0.3 is 0 Å². The van der Waals surface area contributed by atoms with Gasteiger partial charge in [-0.25, -0.2) is 0 Å². The SMILES string of the molecule is CC1=CC[C@@H](C)[C@H](C)[C@@]12C=C[C@H](C)O2. The van der Waals surface area contributed by atoms with Gasteiger partial charge in [-0.05, 0) is 43.8 Å². The summed E-state index contributed by atoms with van der Waals surface area (Å²) < 4.78 is 6.11. The molecule has 1 aliphatic carbocycles. The van der Waals surface area contributed by atoms with Crippen molar-refractivity contribution in [3.8, 4) is 0 Å². The van der Waals surface area contributed by atoms with Gasteiger partial charge in [-0.15, -0.1) is 0 Å². The number of ether oxygens (including phenoxy) is 1. The molecule has 0 aromatic rings. The molecular formula is C13H20O. The molecule has 0 saturated heterocycles. The second kappa shape index (κ2) is 3.23. The van der Waals surface area contributed by atoms with Gasteiger partial charge in [-0.2, -0.15) is 0 Å². The predicted molar refractivity (Wildman–Crippen MR) is 59.1 cm³/mol. The highest BCUT2D eigenvalue weighted by Crippen LogP contribution is 2.44. The molecule has 2 rings (SSSR count). The average molecular weight is 192 g/mol. The van der Waals surface area contributed by atoms with Crippen molar-refractivity contribution in [2.75, 3.05) is 0 Å². The highest BCUT2D eigenvalue weighted by atomic mass is 16.5. The van der Waals surface area contributed by atoms with Crippen molar-refractivity contribution in [1.29, 1.82) is 0 Å². The molecule has 0 amide bonds. The van der Waals surface area contributed by atoms with Crippen molar-refractivity contribution in [3.63, 3.8) is 0 Å². The van der Waals surface area contributed by atoms with Gasteiger partial charge in [0.05, 0.1) is 6.10 Å². The summed E-state index contributed by atoms with van der Waals surface area (Å²) in [7, 11) is 0. The van der Waals surface area contributed by atoms with Gasteiger partial charge in [-0.3, -0.25) is 0 Å². The zero-order valence-electron chi connectivity index (χ0n) is 9.58. The monoisotopic (exact) mass is 192 g/mol. The maximum absolute atomic E-state index is 6.11. The third kappa shape index (κ3) is 1.26. The first-order valence-corrected chi connectivity index (χ1v) is 5.60. The van der Waals surface area contributed by atoms with E-state index in [2.05, 4.69) is 45.9 Å². The molecule has 0 N–H and O–H groups in total. The minimum Gasteiger partial charge on any atom is -0.359 e. The lowest BCUT2D eigenvalue weighted by Gasteiger charge is -2.42. The summed E-state index contributed by atoms with van der Waals surface area (Å²) in [6.45, 7) is 8.94. The summed E-state index contributed by atoms with van der Waals surface area (Å²) in [6, 6.07) is 0. The van der Waals surface area contributed by atoms with E-state index in [9.17, 15) is 0 Å². The van der Waals surface area contributed by atoms with Crippen LogP contribution in [0.15, 0.2) is 23.8 Å². The maximum atomic E-state index is 6.11. The molecule has 0 aromatic carbocycles. The summed E-state index contributed by atoms with van der Waals surface area (Å²) in [4.78, 5) is 0. The van der Waals surface area contributed by atoms with Crippen LogP contribution in [0.3, 0.4) is 0 Å². The average Bonchev–Trinajstić information content (AvgIpc) is 2.54. The molecular weight excluding hydrogens is 172 g/mol. The lowest BCUT2D eigenvalue weighted by atomic mass is 9.71. The van der Waals surface area contributed by atoms with Crippen LogP contribution >= 0.6 is 0 Å². The smallest absolute Gasteiger partial charge is 0.111 e. The van der Waals surface area contributed by atoms with E-state index >= 15 is 0 Å². The van der Waals surface area contributed by atoms with Crippen LogP contribution in [0.4, 0.5) is 0 Å². The highest BCUT2D eigenvalue weighted by Gasteiger charge is 2.44. The maximum Gasteiger partial charge on any atom is 0.111 e. The van der Waals surface area contributed by atoms with E-state index in [1.54, 1.807) is 0 Å². The van der Waals surface area contributed by atoms with Crippen molar-refractivity contribution in [2.24, 2.45) is 11.8 Å². The second-order valence-electron chi connectivity index (χ2n) is 4.86. The Balaban J connectivity index is 2.36. The number of allylic oxidation sites excluding steroid dienone is 1. The van der Waals surface area contributed by atoms with Gasteiger partial charge in [0.2, 0.25) is 0 Å². The van der Waals surface area contributed by atoms with Gasteiger partial charge in [0, 0.05) is 0 Å². The van der Waals surface area contributed by atoms with Gasteiger partial charge < -0.3 is 4.74 Å². The second-order valence-corrected chi connectivity index (χ2v) is 4.86. The van der Waals surface area contributed by atoms with Gasteiger partial charge in [0.25, 0.3) is 0 Å². The minimum atomic E-state index is -0.0862. The Kier molecular flexibility index (Phi) is 2.30. The third-order valence-corrected chi connectivity index (χ3v) is 3.94. The van der Waals surface area contributed by atoms with Crippen LogP contribution in [-0.2, 0) is 4.74 Å². The Morgan fingerprint density at radius 2 is 2.07 bits per heavy atom. The highest BCUT2D eigenvalue weighted by molar-refractivity contribution is 5.32. The van der Waals surface area contributed by atoms with Crippen LogP contribution in [0.1, 0.15) is 34.1 Å². The molecule has 1 heterocycles. The van der Waals surface area contributed by atoms with Crippen molar-refractivity contribution in [1.82, 2.24) is 0 Å². The number of hydrogen-bond donors (Lipinski definition) is 0. The molecule has 2 aliphatic rings. The van der Waals surface area contributed by atoms with Gasteiger partial charge in [-0.1, -0.05) is 26.0 Å². The van der Waals surface area contributed by atoms with Crippen LogP contribution in [0.25, 0.3) is 0 Å². The zero-order valence-corrected chi connectivity index (χ0v) is 9.58. The Hall–Kier alpha value is -0.560. The first-order valence-electron chi connectivity index (χ1n) is 5.60. The summed E-state index contributed by atoms with van der Waals surface area (Å²) >= 11 is 0. The third-order valence-electron chi connectivity index (χ3n) is 3.94. The Morgan fingerprint density at radius 3 is 2.64 bits per heavy atom. The normalized spacial score (nSPS) is 47.1. The van der Waals surface area contributed by atoms with E-state index < -0.39 is 0 Å². The Morgan fingerprint density at radius 1 is 1.36 bits per heavy atom. The van der Waals surface area contributed by atoms with Crippen molar-refractivity contribution in [2.45, 2.75) is 45.8 Å². The van der Waals surface area contributed by atoms with Crippen LogP contribution in [0, 0.1) is 11.8 Å². The lowest BCUT2D eigenvalue weighted by Crippen LogP contribution is -2.43. The fourth-order valence-corrected chi connectivity index (χ4v) is 2.66. The number of hydrogen-bond acceptors (Lipinski definition) is 1. The first-order chi connectivity index (χ1) is 6.56. The molecule has 1 aliphatic heterocycles. The Bertz CT molecular complexity index is 290. The topological polar surface area (TPSA) is 9.23 Å². The molecule has 1 heteroatoms. The van der Waals surface area contributed by atoms with E-state index in [1.165, 1.54) is 12.0 Å². The van der Waals surface area contributed by atoms with E-state index in [0.29, 0.717) is 11.8 Å². The molecule has 0 unspecified atom stereocenters. The van der Waals surface area contributed by atoms with Crippen molar-refractivity contribution in [3.05, 3.63) is 23.8 Å². The fraction of sp³-hybridized carbons (Fsp3) is 0.692. The molecule has 78 valence electrons. The molecule has 0 saturated carbocycles. The molecule has 0 radical (unpaired) electrons. The largest absolute Gasteiger partial charge is 0.359 e. The number of rotatable bonds is 0. The summed E-state index contributed by atoms with van der Waals surface area (Å²) in [5.41, 5.74) is 1.31. The summed E-state index contributed by atoms with van der Waals surface area (Å²) in [6.07, 6.45) is 8.26. The lowest BCUT2D eigenvalue weighted by molar-refractivity contribution is -0.0444. The quantitative estimate of drug-likeness (QED) is 0.535. The summed E-state index contributed by atoms with van der Waals surface area (Å²) in [5, 5.41) is 0. The van der Waals surface area contributed by atoms with Gasteiger partial charge in [0.15, 0.2) is 0 Å². The van der Waals surface area contributed by atoms with E-state index in [4.69, 9.17) is 4.74 Å². The molecule has 4 atom stereocenters. The van der Waals surface area contributed by atoms with Gasteiger partial charge in [0.1, 0.15) is 5.60 Å². The van der Waals surface area contributed by atoms with E-state index in [-0.39, 0.29) is 11.7 Å². The molecule has 1 spiro atoms. The molecule has 1 nitrogen and oxygen atoms in total. The Labute approximate surface area is 86.8 Å². The van der Waals surface area contributed by atoms with Crippen LogP contribution in [-0.4, -0.2) is 11.7 Å². The zero-order chi connectivity index (χ0) is 10.3. The standard InChI is InChI=1S/C13H20O/c1-9-5-6-10(2)13(12(9)4)8-7-11(3)14-13/h6-9,11-12H,5H2,1-4H3/t9-,11+,12+,13-/m1/s1. The minimum absolute atomic E-state index is 0.0862. The molecule has 0 fully saturated rings.